The molecule has 0 radical (unpaired) electrons. The molecule has 1 aliphatic heterocycles. The lowest BCUT2D eigenvalue weighted by Gasteiger charge is -2.34. The fraction of sp³-hybridized carbons (Fsp3) is 0.700. The van der Waals surface area contributed by atoms with Crippen LogP contribution in [0.5, 0.6) is 0 Å². The summed E-state index contributed by atoms with van der Waals surface area (Å²) in [6.07, 6.45) is 1.81. The average molecular weight is 216 g/mol. The van der Waals surface area contributed by atoms with E-state index in [0.29, 0.717) is 0 Å². The molecular weight excluding hydrogens is 198 g/mol. The SMILES string of the molecule is CCN=C1NC=C(Cl)C(C(C)(C)C)N1. The van der Waals surface area contributed by atoms with Gasteiger partial charge in [0, 0.05) is 12.7 Å². The summed E-state index contributed by atoms with van der Waals surface area (Å²) in [4.78, 5) is 4.27. The molecule has 0 saturated heterocycles. The van der Waals surface area contributed by atoms with E-state index in [1.54, 1.807) is 0 Å². The number of nitrogens with zero attached hydrogens (tertiary/aromatic N) is 1. The number of aliphatic imine (C=N–C) groups is 1. The van der Waals surface area contributed by atoms with E-state index in [4.69, 9.17) is 11.6 Å². The molecule has 1 heterocycles. The summed E-state index contributed by atoms with van der Waals surface area (Å²) in [6, 6.07) is 0.135. The topological polar surface area (TPSA) is 36.4 Å². The first-order valence-electron chi connectivity index (χ1n) is 4.88. The van der Waals surface area contributed by atoms with E-state index in [2.05, 4.69) is 36.4 Å². The molecule has 14 heavy (non-hydrogen) atoms. The van der Waals surface area contributed by atoms with Crippen molar-refractivity contribution in [3.63, 3.8) is 0 Å². The monoisotopic (exact) mass is 215 g/mol. The van der Waals surface area contributed by atoms with Crippen LogP contribution in [0.1, 0.15) is 27.7 Å². The van der Waals surface area contributed by atoms with Gasteiger partial charge >= 0.3 is 0 Å². The maximum atomic E-state index is 6.11. The highest BCUT2D eigenvalue weighted by Gasteiger charge is 2.30. The van der Waals surface area contributed by atoms with Gasteiger partial charge in [-0.2, -0.15) is 0 Å². The van der Waals surface area contributed by atoms with Gasteiger partial charge in [-0.25, -0.2) is 0 Å². The minimum Gasteiger partial charge on any atom is -0.348 e. The lowest BCUT2D eigenvalue weighted by Crippen LogP contribution is -2.51. The highest BCUT2D eigenvalue weighted by atomic mass is 35.5. The summed E-state index contributed by atoms with van der Waals surface area (Å²) < 4.78 is 0. The summed E-state index contributed by atoms with van der Waals surface area (Å²) in [6.45, 7) is 9.21. The van der Waals surface area contributed by atoms with E-state index < -0.39 is 0 Å². The van der Waals surface area contributed by atoms with Gasteiger partial charge in [0.1, 0.15) is 0 Å². The summed E-state index contributed by atoms with van der Waals surface area (Å²) >= 11 is 6.11. The number of guanidine groups is 1. The van der Waals surface area contributed by atoms with Gasteiger partial charge in [-0.3, -0.25) is 4.99 Å². The van der Waals surface area contributed by atoms with E-state index in [0.717, 1.165) is 17.5 Å². The molecule has 0 amide bonds. The minimum absolute atomic E-state index is 0.0875. The van der Waals surface area contributed by atoms with Gasteiger partial charge in [-0.05, 0) is 12.3 Å². The number of halogens is 1. The molecule has 0 aromatic heterocycles. The Bertz CT molecular complexity index is 263. The molecule has 0 fully saturated rings. The van der Waals surface area contributed by atoms with Crippen LogP contribution in [0.2, 0.25) is 0 Å². The maximum absolute atomic E-state index is 6.11. The Labute approximate surface area is 90.6 Å². The van der Waals surface area contributed by atoms with Gasteiger partial charge in [0.25, 0.3) is 0 Å². The van der Waals surface area contributed by atoms with Crippen LogP contribution in [0.3, 0.4) is 0 Å². The van der Waals surface area contributed by atoms with Gasteiger partial charge in [0.15, 0.2) is 5.96 Å². The lowest BCUT2D eigenvalue weighted by molar-refractivity contribution is 0.333. The second-order valence-corrected chi connectivity index (χ2v) is 4.88. The highest BCUT2D eigenvalue weighted by molar-refractivity contribution is 6.30. The zero-order chi connectivity index (χ0) is 10.8. The second kappa shape index (κ2) is 4.22. The van der Waals surface area contributed by atoms with Crippen molar-refractivity contribution < 1.29 is 0 Å². The first kappa shape index (κ1) is 11.4. The van der Waals surface area contributed by atoms with Crippen molar-refractivity contribution in [1.82, 2.24) is 10.6 Å². The standard InChI is InChI=1S/C10H18ClN3/c1-5-12-9-13-6-7(11)8(14-9)10(2,3)4/h6,8H,5H2,1-4H3,(H2,12,13,14). The van der Waals surface area contributed by atoms with E-state index in [-0.39, 0.29) is 11.5 Å². The Morgan fingerprint density at radius 2 is 2.14 bits per heavy atom. The van der Waals surface area contributed by atoms with Crippen molar-refractivity contribution in [3.8, 4) is 0 Å². The molecular formula is C10H18ClN3. The van der Waals surface area contributed by atoms with Gasteiger partial charge in [-0.1, -0.05) is 32.4 Å². The van der Waals surface area contributed by atoms with Crippen LogP contribution in [-0.4, -0.2) is 18.5 Å². The maximum Gasteiger partial charge on any atom is 0.195 e. The smallest absolute Gasteiger partial charge is 0.195 e. The van der Waals surface area contributed by atoms with E-state index in [1.165, 1.54) is 0 Å². The third-order valence-corrected chi connectivity index (χ3v) is 2.41. The molecule has 1 unspecified atom stereocenters. The van der Waals surface area contributed by atoms with Crippen molar-refractivity contribution in [2.24, 2.45) is 10.4 Å². The Hall–Kier alpha value is -0.700. The summed E-state index contributed by atoms with van der Waals surface area (Å²) in [5.74, 6) is 0.803. The molecule has 2 N–H and O–H groups in total. The molecule has 0 bridgehead atoms. The lowest BCUT2D eigenvalue weighted by atomic mass is 9.86. The normalized spacial score (nSPS) is 25.4. The largest absolute Gasteiger partial charge is 0.348 e. The van der Waals surface area contributed by atoms with E-state index in [1.807, 2.05) is 13.1 Å². The average Bonchev–Trinajstić information content (AvgIpc) is 2.07. The molecule has 0 aliphatic carbocycles. The van der Waals surface area contributed by atoms with Crippen molar-refractivity contribution in [1.29, 1.82) is 0 Å². The van der Waals surface area contributed by atoms with Crippen LogP contribution in [-0.2, 0) is 0 Å². The first-order valence-corrected chi connectivity index (χ1v) is 5.26. The zero-order valence-electron chi connectivity index (χ0n) is 9.19. The van der Waals surface area contributed by atoms with Crippen LogP contribution in [0, 0.1) is 5.41 Å². The summed E-state index contributed by atoms with van der Waals surface area (Å²) in [5, 5.41) is 7.10. The third-order valence-electron chi connectivity index (χ3n) is 2.09. The molecule has 4 heteroatoms. The molecule has 1 atom stereocenters. The molecule has 0 aromatic rings. The Balaban J connectivity index is 2.82. The number of hydrogen-bond donors (Lipinski definition) is 2. The highest BCUT2D eigenvalue weighted by Crippen LogP contribution is 2.27. The van der Waals surface area contributed by atoms with Crippen molar-refractivity contribution in [2.75, 3.05) is 6.54 Å². The number of nitrogens with one attached hydrogen (secondary N) is 2. The van der Waals surface area contributed by atoms with Gasteiger partial charge in [0.05, 0.1) is 11.1 Å². The zero-order valence-corrected chi connectivity index (χ0v) is 9.94. The molecule has 0 saturated carbocycles. The predicted molar refractivity (Wildman–Crippen MR) is 61.4 cm³/mol. The molecule has 0 spiro atoms. The van der Waals surface area contributed by atoms with Crippen molar-refractivity contribution >= 4 is 17.6 Å². The Morgan fingerprint density at radius 3 is 2.64 bits per heavy atom. The van der Waals surface area contributed by atoms with Gasteiger partial charge in [-0.15, -0.1) is 0 Å². The van der Waals surface area contributed by atoms with E-state index in [9.17, 15) is 0 Å². The fourth-order valence-electron chi connectivity index (χ4n) is 1.35. The van der Waals surface area contributed by atoms with Crippen LogP contribution in [0.25, 0.3) is 0 Å². The minimum atomic E-state index is 0.0875. The fourth-order valence-corrected chi connectivity index (χ4v) is 1.78. The quantitative estimate of drug-likeness (QED) is 0.703. The molecule has 1 rings (SSSR count). The van der Waals surface area contributed by atoms with Crippen LogP contribution in [0.4, 0.5) is 0 Å². The third kappa shape index (κ3) is 2.64. The predicted octanol–water partition coefficient (Wildman–Crippen LogP) is 2.05. The first-order chi connectivity index (χ1) is 6.45. The summed E-state index contributed by atoms with van der Waals surface area (Å²) in [5.41, 5.74) is 0.0875. The summed E-state index contributed by atoms with van der Waals surface area (Å²) in [7, 11) is 0. The van der Waals surface area contributed by atoms with Crippen LogP contribution in [0.15, 0.2) is 16.2 Å². The van der Waals surface area contributed by atoms with Gasteiger partial charge in [0.2, 0.25) is 0 Å². The van der Waals surface area contributed by atoms with Crippen molar-refractivity contribution in [2.45, 2.75) is 33.7 Å². The van der Waals surface area contributed by atoms with Gasteiger partial charge < -0.3 is 10.6 Å². The second-order valence-electron chi connectivity index (χ2n) is 4.44. The molecule has 1 aliphatic rings. The van der Waals surface area contributed by atoms with Crippen LogP contribution >= 0.6 is 11.6 Å². The molecule has 0 aromatic carbocycles. The Kier molecular flexibility index (Phi) is 3.43. The van der Waals surface area contributed by atoms with E-state index >= 15 is 0 Å². The number of hydrogen-bond acceptors (Lipinski definition) is 1. The van der Waals surface area contributed by atoms with Crippen molar-refractivity contribution in [3.05, 3.63) is 11.2 Å². The molecule has 3 nitrogen and oxygen atoms in total. The van der Waals surface area contributed by atoms with Crippen LogP contribution < -0.4 is 10.6 Å². The molecule has 80 valence electrons. The number of rotatable bonds is 1. The Morgan fingerprint density at radius 1 is 1.50 bits per heavy atom.